The number of amides is 1. The zero-order chi connectivity index (χ0) is 17.9. The van der Waals surface area contributed by atoms with Gasteiger partial charge in [0, 0.05) is 10.9 Å². The summed E-state index contributed by atoms with van der Waals surface area (Å²) in [5.74, 6) is 0. The lowest BCUT2D eigenvalue weighted by molar-refractivity contribution is -0.106. The number of hydrogen-bond donors (Lipinski definition) is 0. The molecule has 1 heterocycles. The Kier molecular flexibility index (Phi) is 4.18. The van der Waals surface area contributed by atoms with Crippen LogP contribution in [0.2, 0.25) is 0 Å². The molecule has 124 valence electrons. The average molecular weight is 355 g/mol. The van der Waals surface area contributed by atoms with Crippen LogP contribution < -0.4 is 4.90 Å². The van der Waals surface area contributed by atoms with Crippen molar-refractivity contribution < 1.29 is 4.79 Å². The highest BCUT2D eigenvalue weighted by Crippen LogP contribution is 2.32. The molecule has 4 nitrogen and oxygen atoms in total. The maximum atomic E-state index is 11.6. The number of rotatable bonds is 4. The number of carbonyl (C=O) groups is 1. The summed E-state index contributed by atoms with van der Waals surface area (Å²) in [6.07, 6.45) is 0.740. The molecule has 5 heteroatoms. The van der Waals surface area contributed by atoms with Gasteiger partial charge in [-0.15, -0.1) is 11.3 Å². The molecule has 0 atom stereocenters. The van der Waals surface area contributed by atoms with Crippen molar-refractivity contribution in [1.29, 1.82) is 5.26 Å². The highest BCUT2D eigenvalue weighted by Gasteiger charge is 2.14. The molecule has 4 aromatic rings. The van der Waals surface area contributed by atoms with Crippen LogP contribution in [0.4, 0.5) is 10.8 Å². The molecule has 0 bridgehead atoms. The summed E-state index contributed by atoms with van der Waals surface area (Å²) < 4.78 is 0. The lowest BCUT2D eigenvalue weighted by Crippen LogP contribution is -2.13. The van der Waals surface area contributed by atoms with Crippen LogP contribution in [0.15, 0.2) is 72.1 Å². The predicted molar refractivity (Wildman–Crippen MR) is 104 cm³/mol. The van der Waals surface area contributed by atoms with E-state index in [0.29, 0.717) is 16.4 Å². The number of aromatic nitrogens is 1. The summed E-state index contributed by atoms with van der Waals surface area (Å²) in [6.45, 7) is 0. The van der Waals surface area contributed by atoms with E-state index in [1.165, 1.54) is 21.6 Å². The second-order valence-electron chi connectivity index (χ2n) is 5.71. The molecule has 0 saturated carbocycles. The molecule has 0 aliphatic rings. The summed E-state index contributed by atoms with van der Waals surface area (Å²) in [6, 6.07) is 23.3. The van der Waals surface area contributed by atoms with E-state index in [1.54, 1.807) is 24.3 Å². The number of hydrogen-bond acceptors (Lipinski definition) is 4. The fourth-order valence-electron chi connectivity index (χ4n) is 2.77. The van der Waals surface area contributed by atoms with Gasteiger partial charge in [-0.2, -0.15) is 5.26 Å². The zero-order valence-electron chi connectivity index (χ0n) is 13.7. The molecule has 0 aliphatic heterocycles. The Bertz CT molecular complexity index is 1130. The van der Waals surface area contributed by atoms with Gasteiger partial charge in [0.25, 0.3) is 0 Å². The summed E-state index contributed by atoms with van der Waals surface area (Å²) in [5, 5.41) is 13.8. The third-order valence-corrected chi connectivity index (χ3v) is 4.96. The number of fused-ring (bicyclic) bond motifs is 1. The van der Waals surface area contributed by atoms with E-state index in [4.69, 9.17) is 5.26 Å². The molecule has 4 rings (SSSR count). The Morgan fingerprint density at radius 1 is 1.00 bits per heavy atom. The smallest absolute Gasteiger partial charge is 0.220 e. The fourth-order valence-corrected chi connectivity index (χ4v) is 3.59. The SMILES string of the molecule is N#Cc1ccc(N(C=O)c2nc(-c3ccc4ccccc4c3)cs2)cc1. The van der Waals surface area contributed by atoms with Gasteiger partial charge in [0.05, 0.1) is 23.0 Å². The number of thiazole rings is 1. The molecule has 3 aromatic carbocycles. The average Bonchev–Trinajstić information content (AvgIpc) is 3.18. The minimum Gasteiger partial charge on any atom is -0.278 e. The molecule has 0 fully saturated rings. The topological polar surface area (TPSA) is 57.0 Å². The Balaban J connectivity index is 1.68. The Morgan fingerprint density at radius 3 is 2.50 bits per heavy atom. The van der Waals surface area contributed by atoms with E-state index >= 15 is 0 Å². The van der Waals surface area contributed by atoms with Crippen molar-refractivity contribution in [3.8, 4) is 17.3 Å². The number of nitrogens with zero attached hydrogens (tertiary/aromatic N) is 3. The highest BCUT2D eigenvalue weighted by atomic mass is 32.1. The number of nitriles is 1. The van der Waals surface area contributed by atoms with Gasteiger partial charge in [0.15, 0.2) is 5.13 Å². The van der Waals surface area contributed by atoms with Crippen LogP contribution >= 0.6 is 11.3 Å². The van der Waals surface area contributed by atoms with Crippen LogP contribution in [-0.2, 0) is 4.79 Å². The first-order valence-corrected chi connectivity index (χ1v) is 8.86. The first-order valence-electron chi connectivity index (χ1n) is 7.98. The van der Waals surface area contributed by atoms with Crippen molar-refractivity contribution in [1.82, 2.24) is 4.98 Å². The fraction of sp³-hybridized carbons (Fsp3) is 0. The van der Waals surface area contributed by atoms with Crippen LogP contribution in [-0.4, -0.2) is 11.4 Å². The second-order valence-corrected chi connectivity index (χ2v) is 6.55. The van der Waals surface area contributed by atoms with E-state index in [1.807, 2.05) is 23.6 Å². The maximum absolute atomic E-state index is 11.6. The standard InChI is InChI=1S/C21H13N3OS/c22-12-15-5-9-19(10-6-15)24(14-25)21-23-20(13-26-21)18-8-7-16-3-1-2-4-17(16)11-18/h1-11,13-14H. The molecule has 1 amide bonds. The molecule has 0 spiro atoms. The number of benzene rings is 3. The molecule has 26 heavy (non-hydrogen) atoms. The van der Waals surface area contributed by atoms with Crippen LogP contribution in [0.1, 0.15) is 5.56 Å². The Hall–Kier alpha value is -3.49. The third-order valence-electron chi connectivity index (χ3n) is 4.12. The first kappa shape index (κ1) is 16.0. The van der Waals surface area contributed by atoms with E-state index in [2.05, 4.69) is 35.3 Å². The summed E-state index contributed by atoms with van der Waals surface area (Å²) in [7, 11) is 0. The molecule has 1 aromatic heterocycles. The van der Waals surface area contributed by atoms with Gasteiger partial charge in [0.1, 0.15) is 0 Å². The Morgan fingerprint density at radius 2 is 1.77 bits per heavy atom. The monoisotopic (exact) mass is 355 g/mol. The van der Waals surface area contributed by atoms with Crippen molar-refractivity contribution in [3.63, 3.8) is 0 Å². The Labute approximate surface area is 154 Å². The first-order chi connectivity index (χ1) is 12.8. The quantitative estimate of drug-likeness (QED) is 0.477. The van der Waals surface area contributed by atoms with Crippen LogP contribution in [0, 0.1) is 11.3 Å². The van der Waals surface area contributed by atoms with Gasteiger partial charge in [-0.1, -0.05) is 36.4 Å². The molecule has 0 radical (unpaired) electrons. The van der Waals surface area contributed by atoms with E-state index in [-0.39, 0.29) is 0 Å². The molecular weight excluding hydrogens is 342 g/mol. The largest absolute Gasteiger partial charge is 0.278 e. The lowest BCUT2D eigenvalue weighted by Gasteiger charge is -2.13. The summed E-state index contributed by atoms with van der Waals surface area (Å²) >= 11 is 1.41. The van der Waals surface area contributed by atoms with Gasteiger partial charge < -0.3 is 0 Å². The maximum Gasteiger partial charge on any atom is 0.220 e. The van der Waals surface area contributed by atoms with Crippen molar-refractivity contribution in [2.45, 2.75) is 0 Å². The molecule has 0 aliphatic carbocycles. The van der Waals surface area contributed by atoms with Crippen LogP contribution in [0.3, 0.4) is 0 Å². The van der Waals surface area contributed by atoms with Crippen molar-refractivity contribution >= 4 is 39.3 Å². The van der Waals surface area contributed by atoms with Gasteiger partial charge in [-0.3, -0.25) is 9.69 Å². The van der Waals surface area contributed by atoms with E-state index < -0.39 is 0 Å². The lowest BCUT2D eigenvalue weighted by atomic mass is 10.1. The predicted octanol–water partition coefficient (Wildman–Crippen LogP) is 5.13. The number of carbonyl (C=O) groups excluding carboxylic acids is 1. The van der Waals surface area contributed by atoms with E-state index in [0.717, 1.165) is 23.1 Å². The van der Waals surface area contributed by atoms with Crippen molar-refractivity contribution in [3.05, 3.63) is 77.7 Å². The number of anilines is 2. The van der Waals surface area contributed by atoms with Crippen LogP contribution in [0.5, 0.6) is 0 Å². The normalized spacial score (nSPS) is 10.4. The second kappa shape index (κ2) is 6.79. The van der Waals surface area contributed by atoms with E-state index in [9.17, 15) is 4.79 Å². The summed E-state index contributed by atoms with van der Waals surface area (Å²) in [5.41, 5.74) is 3.07. The minimum absolute atomic E-state index is 0.551. The van der Waals surface area contributed by atoms with Gasteiger partial charge in [-0.05, 0) is 41.1 Å². The van der Waals surface area contributed by atoms with Crippen molar-refractivity contribution in [2.24, 2.45) is 0 Å². The van der Waals surface area contributed by atoms with Gasteiger partial charge in [0.2, 0.25) is 6.41 Å². The van der Waals surface area contributed by atoms with Gasteiger partial charge in [-0.25, -0.2) is 4.98 Å². The minimum atomic E-state index is 0.551. The third kappa shape index (κ3) is 2.94. The van der Waals surface area contributed by atoms with Crippen molar-refractivity contribution in [2.75, 3.05) is 4.90 Å². The molecule has 0 saturated heterocycles. The zero-order valence-corrected chi connectivity index (χ0v) is 14.5. The van der Waals surface area contributed by atoms with Gasteiger partial charge >= 0.3 is 0 Å². The molecule has 0 N–H and O–H groups in total. The van der Waals surface area contributed by atoms with Crippen LogP contribution in [0.25, 0.3) is 22.0 Å². The highest BCUT2D eigenvalue weighted by molar-refractivity contribution is 7.14. The molecular formula is C21H13N3OS. The molecule has 0 unspecified atom stereocenters. The summed E-state index contributed by atoms with van der Waals surface area (Å²) in [4.78, 5) is 17.7.